The van der Waals surface area contributed by atoms with Crippen LogP contribution in [0.2, 0.25) is 56.9 Å². The van der Waals surface area contributed by atoms with Gasteiger partial charge in [0.2, 0.25) is 0 Å². The molecule has 4 saturated carbocycles. The molecule has 4 fully saturated rings. The summed E-state index contributed by atoms with van der Waals surface area (Å²) < 4.78 is 0. The van der Waals surface area contributed by atoms with Crippen LogP contribution in [-0.4, -0.2) is 24.2 Å². The van der Waals surface area contributed by atoms with Gasteiger partial charge in [-0.25, -0.2) is 0 Å². The van der Waals surface area contributed by atoms with Crippen LogP contribution in [-0.2, 0) is 0 Å². The fourth-order valence-corrected chi connectivity index (χ4v) is 26.6. The standard InChI is InChI=1S/C23H42Si.C23H26Si.C15H22Si.2Li/c2*1-16(2)21-15-23(20-12-8-7-11-19(20)21)24(3,4)22-14-13-17-9-5-6-10-18(17)22;1-11(2)14-10-15(16(3,4)5)13-9-7-6-8-12(13)14;;/h16-23H,5-15H2,1-4H3;5-16,22-23H,1-4H3;6-11,15H,1-5H3;;/q;;;2*+1. The second-order valence-electron chi connectivity index (χ2n) is 25.4. The molecule has 0 nitrogen and oxygen atoms in total. The summed E-state index contributed by atoms with van der Waals surface area (Å²) in [6.45, 7) is 32.6. The first kappa shape index (κ1) is 54.1. The minimum absolute atomic E-state index is 0. The monoisotopic (exact) mass is 921 g/mol. The van der Waals surface area contributed by atoms with Gasteiger partial charge in [-0.1, -0.05) is 242 Å². The number of hydrogen-bond acceptors (Lipinski definition) is 0. The summed E-state index contributed by atoms with van der Waals surface area (Å²) in [4.78, 5) is 0. The number of fused-ring (bicyclic) bond motifs is 5. The Morgan fingerprint density at radius 3 is 1.55 bits per heavy atom. The van der Waals surface area contributed by atoms with Crippen molar-refractivity contribution >= 4 is 41.4 Å². The first-order chi connectivity index (χ1) is 30.4. The van der Waals surface area contributed by atoms with Crippen molar-refractivity contribution in [1.82, 2.24) is 0 Å². The Labute approximate surface area is 433 Å². The van der Waals surface area contributed by atoms with Crippen LogP contribution in [0.5, 0.6) is 0 Å². The molecule has 3 aromatic rings. The van der Waals surface area contributed by atoms with Gasteiger partial charge in [-0.05, 0) is 132 Å². The van der Waals surface area contributed by atoms with Crippen LogP contribution in [0.25, 0.3) is 17.2 Å². The number of rotatable bonds is 8. The maximum atomic E-state index is 2.85. The van der Waals surface area contributed by atoms with Gasteiger partial charge in [-0.2, -0.15) is 0 Å². The Balaban J connectivity index is 0.000000165. The minimum Gasteiger partial charge on any atom is -0.0791 e. The van der Waals surface area contributed by atoms with Crippen molar-refractivity contribution in [1.29, 1.82) is 0 Å². The largest absolute Gasteiger partial charge is 1.00 e. The van der Waals surface area contributed by atoms with E-state index in [4.69, 9.17) is 0 Å². The van der Waals surface area contributed by atoms with E-state index in [-0.39, 0.29) is 37.7 Å². The molecule has 0 amide bonds. The summed E-state index contributed by atoms with van der Waals surface area (Å²) in [5, 5.41) is 0. The normalized spacial score (nSPS) is 29.5. The molecule has 346 valence electrons. The second-order valence-corrected chi connectivity index (χ2v) is 40.8. The van der Waals surface area contributed by atoms with Crippen molar-refractivity contribution in [2.75, 3.05) is 0 Å². The SMILES string of the molecule is CC(C)C1=CC([Si](C)(C)C)c2ccccc21.CC(C)C1=CC([Si](C)(C)C2C=Cc3ccccc32)c2ccccc21.CC(C)C1CC([Si](C)(C)C2CCC3CCCCC32)C2CCCCC12.[Li+].[Li+]. The average Bonchev–Trinajstić information content (AvgIpc) is 4.11. The van der Waals surface area contributed by atoms with Crippen LogP contribution in [0.3, 0.4) is 0 Å². The van der Waals surface area contributed by atoms with Crippen LogP contribution in [0, 0.1) is 47.3 Å². The minimum atomic E-state index is -1.59. The molecule has 0 aromatic heterocycles. The molecular weight excluding hydrogens is 831 g/mol. The second kappa shape index (κ2) is 22.0. The van der Waals surface area contributed by atoms with Crippen LogP contribution in [0.15, 0.2) is 91.0 Å². The van der Waals surface area contributed by atoms with E-state index in [0.29, 0.717) is 28.5 Å². The number of allylic oxidation sites excluding steroid dienone is 5. The van der Waals surface area contributed by atoms with Crippen molar-refractivity contribution in [2.24, 2.45) is 47.3 Å². The van der Waals surface area contributed by atoms with Crippen molar-refractivity contribution in [3.63, 3.8) is 0 Å². The molecule has 66 heavy (non-hydrogen) atoms. The molecule has 0 radical (unpaired) electrons. The first-order valence-corrected chi connectivity index (χ1v) is 36.7. The van der Waals surface area contributed by atoms with E-state index in [1.54, 1.807) is 86.5 Å². The third kappa shape index (κ3) is 10.7. The molecule has 7 aliphatic carbocycles. The van der Waals surface area contributed by atoms with Crippen molar-refractivity contribution < 1.29 is 37.7 Å². The van der Waals surface area contributed by atoms with Crippen molar-refractivity contribution in [3.05, 3.63) is 124 Å². The predicted octanol–water partition coefficient (Wildman–Crippen LogP) is 12.6. The zero-order valence-corrected chi connectivity index (χ0v) is 48.0. The van der Waals surface area contributed by atoms with Gasteiger partial charge in [0.1, 0.15) is 0 Å². The molecule has 3 aromatic carbocycles. The molecule has 10 atom stereocenters. The third-order valence-electron chi connectivity index (χ3n) is 19.1. The fourth-order valence-electron chi connectivity index (χ4n) is 15.6. The van der Waals surface area contributed by atoms with Crippen LogP contribution >= 0.6 is 0 Å². The van der Waals surface area contributed by atoms with Crippen LogP contribution in [0.4, 0.5) is 0 Å². The molecule has 10 rings (SSSR count). The molecule has 0 bridgehead atoms. The van der Waals surface area contributed by atoms with E-state index in [1.165, 1.54) is 39.8 Å². The van der Waals surface area contributed by atoms with E-state index >= 15 is 0 Å². The van der Waals surface area contributed by atoms with Gasteiger partial charge < -0.3 is 0 Å². The zero-order chi connectivity index (χ0) is 45.7. The van der Waals surface area contributed by atoms with Gasteiger partial charge in [-0.15, -0.1) is 0 Å². The fraction of sp³-hybridized carbons (Fsp3) is 0.607. The maximum absolute atomic E-state index is 2.85. The Morgan fingerprint density at radius 1 is 0.470 bits per heavy atom. The molecule has 0 spiro atoms. The molecular formula is C61H90Li2Si3+2. The topological polar surface area (TPSA) is 0 Å². The van der Waals surface area contributed by atoms with Gasteiger partial charge in [0.05, 0.1) is 24.2 Å². The van der Waals surface area contributed by atoms with Gasteiger partial charge in [0.15, 0.2) is 0 Å². The smallest absolute Gasteiger partial charge is 0.0791 e. The van der Waals surface area contributed by atoms with Gasteiger partial charge in [-0.3, -0.25) is 0 Å². The number of hydrogen-bond donors (Lipinski definition) is 0. The maximum Gasteiger partial charge on any atom is 1.00 e. The average molecular weight is 922 g/mol. The first-order valence-electron chi connectivity index (χ1n) is 26.8. The summed E-state index contributed by atoms with van der Waals surface area (Å²) >= 11 is 0. The quantitative estimate of drug-likeness (QED) is 0.198. The zero-order valence-electron chi connectivity index (χ0n) is 45.0. The molecule has 7 aliphatic rings. The number of benzene rings is 3. The van der Waals surface area contributed by atoms with Gasteiger partial charge in [0.25, 0.3) is 0 Å². The van der Waals surface area contributed by atoms with Gasteiger partial charge >= 0.3 is 37.7 Å². The van der Waals surface area contributed by atoms with E-state index in [9.17, 15) is 0 Å². The van der Waals surface area contributed by atoms with E-state index in [1.807, 2.05) is 0 Å². The Hall–Kier alpha value is -1.27. The molecule has 10 unspecified atom stereocenters. The van der Waals surface area contributed by atoms with Crippen molar-refractivity contribution in [2.45, 2.75) is 186 Å². The van der Waals surface area contributed by atoms with Gasteiger partial charge in [0, 0.05) is 0 Å². The predicted molar refractivity (Wildman–Crippen MR) is 291 cm³/mol. The Bertz CT molecular complexity index is 2190. The van der Waals surface area contributed by atoms with E-state index in [2.05, 4.69) is 184 Å². The molecule has 0 N–H and O–H groups in total. The summed E-state index contributed by atoms with van der Waals surface area (Å²) in [5.74, 6) is 7.76. The third-order valence-corrected chi connectivity index (χ3v) is 30.8. The van der Waals surface area contributed by atoms with Crippen LogP contribution < -0.4 is 37.7 Å². The molecule has 0 saturated heterocycles. The Morgan fingerprint density at radius 2 is 0.970 bits per heavy atom. The summed E-state index contributed by atoms with van der Waals surface area (Å²) in [6.07, 6.45) is 27.3. The van der Waals surface area contributed by atoms with Crippen molar-refractivity contribution in [3.8, 4) is 0 Å². The molecule has 0 aliphatic heterocycles. The van der Waals surface area contributed by atoms with Crippen LogP contribution in [0.1, 0.15) is 162 Å². The molecule has 5 heteroatoms. The Kier molecular flexibility index (Phi) is 18.0. The molecule has 0 heterocycles. The summed E-state index contributed by atoms with van der Waals surface area (Å²) in [5.41, 5.74) is 16.5. The summed E-state index contributed by atoms with van der Waals surface area (Å²) in [7, 11) is -3.87. The van der Waals surface area contributed by atoms with E-state index < -0.39 is 24.2 Å². The van der Waals surface area contributed by atoms with E-state index in [0.717, 1.165) is 35.5 Å². The summed E-state index contributed by atoms with van der Waals surface area (Å²) in [6, 6.07) is 27.0.